The van der Waals surface area contributed by atoms with Gasteiger partial charge in [0.1, 0.15) is 5.71 Å². The van der Waals surface area contributed by atoms with Crippen LogP contribution in [0.2, 0.25) is 0 Å². The maximum Gasteiger partial charge on any atom is 0.446 e. The highest BCUT2D eigenvalue weighted by atomic mass is 32.2. The number of aryl methyl sites for hydroxylation is 1. The second-order valence-electron chi connectivity index (χ2n) is 8.96. The van der Waals surface area contributed by atoms with E-state index in [0.29, 0.717) is 42.5 Å². The van der Waals surface area contributed by atoms with E-state index in [2.05, 4.69) is 20.9 Å². The van der Waals surface area contributed by atoms with Crippen LogP contribution < -0.4 is 10.7 Å². The first-order chi connectivity index (χ1) is 16.5. The summed E-state index contributed by atoms with van der Waals surface area (Å²) in [4.78, 5) is 24.5. The Morgan fingerprint density at radius 3 is 2.71 bits per heavy atom. The molecule has 1 aromatic carbocycles. The minimum atomic E-state index is -4.46. The molecule has 1 aliphatic heterocycles. The fraction of sp³-hybridized carbons (Fsp3) is 0.478. The number of hydrazone groups is 1. The Balaban J connectivity index is 1.45. The molecule has 1 atom stereocenters. The molecule has 35 heavy (non-hydrogen) atoms. The number of carbonyl (C=O) groups excluding carboxylic acids is 2. The molecule has 1 aliphatic carbocycles. The minimum absolute atomic E-state index is 0.00624. The normalized spacial score (nSPS) is 23.3. The zero-order chi connectivity index (χ0) is 25.2. The van der Waals surface area contributed by atoms with Crippen LogP contribution in [0.15, 0.2) is 46.7 Å². The number of rotatable bonds is 6. The summed E-state index contributed by atoms with van der Waals surface area (Å²) >= 11 is -0.212. The lowest BCUT2D eigenvalue weighted by atomic mass is 9.73. The molecule has 2 amide bonds. The molecular weight excluding hydrogens is 483 g/mol. The third-order valence-corrected chi connectivity index (χ3v) is 7.10. The molecule has 8 nitrogen and oxygen atoms in total. The van der Waals surface area contributed by atoms with E-state index in [-0.39, 0.29) is 34.5 Å². The number of thioether (sulfide) groups is 1. The molecule has 188 valence electrons. The van der Waals surface area contributed by atoms with Crippen LogP contribution in [-0.2, 0) is 11.8 Å². The van der Waals surface area contributed by atoms with Crippen molar-refractivity contribution in [1.29, 1.82) is 0 Å². The van der Waals surface area contributed by atoms with Gasteiger partial charge < -0.3 is 10.1 Å². The number of halogens is 3. The van der Waals surface area contributed by atoms with Crippen molar-refractivity contribution in [3.05, 3.63) is 47.8 Å². The summed E-state index contributed by atoms with van der Waals surface area (Å²) in [5, 5.41) is 11.1. The van der Waals surface area contributed by atoms with Crippen LogP contribution in [0.25, 0.3) is 0 Å². The molecule has 2 N–H and O–H groups in total. The second kappa shape index (κ2) is 9.92. The Kier molecular flexibility index (Phi) is 7.11. The maximum absolute atomic E-state index is 13.1. The predicted octanol–water partition coefficient (Wildman–Crippen LogP) is 4.61. The molecule has 1 spiro atoms. The average molecular weight is 510 g/mol. The SMILES string of the molecule is C[C@@H](CC1CCC2(CC1)OC(=O)NN=C2c1ccccc1SC(F)(F)F)NC(=O)c1cnn(C)c1. The average Bonchev–Trinajstić information content (AvgIpc) is 3.22. The molecule has 4 rings (SSSR count). The van der Waals surface area contributed by atoms with Crippen molar-refractivity contribution in [2.45, 2.75) is 61.1 Å². The van der Waals surface area contributed by atoms with Gasteiger partial charge in [-0.25, -0.2) is 10.2 Å². The molecule has 2 heterocycles. The number of aromatic nitrogens is 2. The van der Waals surface area contributed by atoms with Gasteiger partial charge in [0, 0.05) is 29.7 Å². The predicted molar refractivity (Wildman–Crippen MR) is 124 cm³/mol. The van der Waals surface area contributed by atoms with Gasteiger partial charge >= 0.3 is 11.6 Å². The van der Waals surface area contributed by atoms with Crippen molar-refractivity contribution < 1.29 is 27.5 Å². The maximum atomic E-state index is 13.1. The third-order valence-electron chi connectivity index (χ3n) is 6.29. The third kappa shape index (κ3) is 5.98. The van der Waals surface area contributed by atoms with Crippen LogP contribution in [0, 0.1) is 5.92 Å². The van der Waals surface area contributed by atoms with Crippen LogP contribution >= 0.6 is 11.8 Å². The zero-order valence-electron chi connectivity index (χ0n) is 19.3. The Labute approximate surface area is 204 Å². The van der Waals surface area contributed by atoms with Crippen molar-refractivity contribution in [3.8, 4) is 0 Å². The van der Waals surface area contributed by atoms with Crippen LogP contribution in [-0.4, -0.2) is 44.6 Å². The molecule has 2 aromatic rings. The van der Waals surface area contributed by atoms with Crippen LogP contribution in [0.4, 0.5) is 18.0 Å². The van der Waals surface area contributed by atoms with E-state index in [0.717, 1.165) is 6.42 Å². The van der Waals surface area contributed by atoms with Gasteiger partial charge in [-0.3, -0.25) is 9.48 Å². The lowest BCUT2D eigenvalue weighted by Gasteiger charge is -2.42. The van der Waals surface area contributed by atoms with Crippen molar-refractivity contribution >= 4 is 29.5 Å². The van der Waals surface area contributed by atoms with Gasteiger partial charge in [0.25, 0.3) is 5.91 Å². The number of amides is 2. The Bertz CT molecular complexity index is 1130. The van der Waals surface area contributed by atoms with Crippen LogP contribution in [0.1, 0.15) is 54.9 Å². The fourth-order valence-electron chi connectivity index (χ4n) is 4.76. The standard InChI is InChI=1S/C23H26F3N5O3S/c1-14(28-20(32)16-12-27-31(2)13-16)11-15-7-9-22(10-8-15)19(29-30-21(33)34-22)17-5-3-4-6-18(17)35-23(24,25)26/h3-6,12-15H,7-11H2,1-2H3,(H,28,32)(H,30,33)/t14-,15?,22?/m0/s1. The zero-order valence-corrected chi connectivity index (χ0v) is 20.1. The van der Waals surface area contributed by atoms with E-state index in [1.165, 1.54) is 18.3 Å². The Morgan fingerprint density at radius 1 is 1.34 bits per heavy atom. The molecule has 12 heteroatoms. The molecule has 0 unspecified atom stereocenters. The van der Waals surface area contributed by atoms with Gasteiger partial charge in [0.15, 0.2) is 5.60 Å². The number of nitrogens with zero attached hydrogens (tertiary/aromatic N) is 3. The van der Waals surface area contributed by atoms with Crippen molar-refractivity contribution in [2.75, 3.05) is 0 Å². The van der Waals surface area contributed by atoms with Crippen molar-refractivity contribution in [1.82, 2.24) is 20.5 Å². The van der Waals surface area contributed by atoms with Gasteiger partial charge in [0.2, 0.25) is 0 Å². The Hall–Kier alpha value is -3.02. The lowest BCUT2D eigenvalue weighted by molar-refractivity contribution is -0.0328. The van der Waals surface area contributed by atoms with Gasteiger partial charge in [-0.1, -0.05) is 18.2 Å². The number of hydrogen-bond donors (Lipinski definition) is 2. The molecule has 0 saturated heterocycles. The van der Waals surface area contributed by atoms with Gasteiger partial charge in [-0.2, -0.15) is 23.4 Å². The van der Waals surface area contributed by atoms with Gasteiger partial charge in [-0.05, 0) is 62.8 Å². The highest BCUT2D eigenvalue weighted by molar-refractivity contribution is 8.00. The highest BCUT2D eigenvalue weighted by Crippen LogP contribution is 2.44. The summed E-state index contributed by atoms with van der Waals surface area (Å²) in [6.45, 7) is 1.93. The number of ether oxygens (including phenoxy) is 1. The van der Waals surface area contributed by atoms with Crippen LogP contribution in [0.5, 0.6) is 0 Å². The molecule has 1 aromatic heterocycles. The summed E-state index contributed by atoms with van der Waals surface area (Å²) in [5.74, 6) is 0.0535. The molecule has 2 aliphatic rings. The molecule has 1 saturated carbocycles. The number of nitrogens with one attached hydrogen (secondary N) is 2. The first-order valence-corrected chi connectivity index (χ1v) is 12.1. The van der Waals surface area contributed by atoms with E-state index < -0.39 is 17.2 Å². The quantitative estimate of drug-likeness (QED) is 0.554. The smallest absolute Gasteiger partial charge is 0.435 e. The number of alkyl halides is 3. The monoisotopic (exact) mass is 509 g/mol. The Morgan fingerprint density at radius 2 is 2.06 bits per heavy atom. The van der Waals surface area contributed by atoms with Gasteiger partial charge in [-0.15, -0.1) is 0 Å². The lowest BCUT2D eigenvalue weighted by Crippen LogP contribution is -2.52. The van der Waals surface area contributed by atoms with E-state index >= 15 is 0 Å². The summed E-state index contributed by atoms with van der Waals surface area (Å²) in [5.41, 5.74) is -2.21. The first-order valence-electron chi connectivity index (χ1n) is 11.3. The van der Waals surface area contributed by atoms with Gasteiger partial charge in [0.05, 0.1) is 11.8 Å². The first kappa shape index (κ1) is 25.1. The topological polar surface area (TPSA) is 97.6 Å². The summed E-state index contributed by atoms with van der Waals surface area (Å²) in [7, 11) is 1.74. The van der Waals surface area contributed by atoms with E-state index in [1.807, 2.05) is 6.92 Å². The van der Waals surface area contributed by atoms with E-state index in [1.54, 1.807) is 30.1 Å². The molecule has 1 fully saturated rings. The van der Waals surface area contributed by atoms with Crippen molar-refractivity contribution in [3.63, 3.8) is 0 Å². The fourth-order valence-corrected chi connectivity index (χ4v) is 5.43. The second-order valence-corrected chi connectivity index (χ2v) is 10.1. The van der Waals surface area contributed by atoms with E-state index in [4.69, 9.17) is 4.74 Å². The van der Waals surface area contributed by atoms with Crippen molar-refractivity contribution in [2.24, 2.45) is 18.1 Å². The number of benzene rings is 1. The summed E-state index contributed by atoms with van der Waals surface area (Å²) < 4.78 is 46.7. The molecule has 0 bridgehead atoms. The van der Waals surface area contributed by atoms with E-state index in [9.17, 15) is 22.8 Å². The molecular formula is C23H26F3N5O3S. The summed E-state index contributed by atoms with van der Waals surface area (Å²) in [6.07, 6.45) is 5.37. The molecule has 0 radical (unpaired) electrons. The highest BCUT2D eigenvalue weighted by Gasteiger charge is 2.47. The summed E-state index contributed by atoms with van der Waals surface area (Å²) in [6, 6.07) is 6.04. The minimum Gasteiger partial charge on any atom is -0.435 e. The number of hydrogen-bond acceptors (Lipinski definition) is 6. The number of carbonyl (C=O) groups is 2. The van der Waals surface area contributed by atoms with Crippen LogP contribution in [0.3, 0.4) is 0 Å². The largest absolute Gasteiger partial charge is 0.446 e.